The van der Waals surface area contributed by atoms with Crippen LogP contribution < -0.4 is 5.32 Å². The summed E-state index contributed by atoms with van der Waals surface area (Å²) in [6.07, 6.45) is 2.56. The number of thioether (sulfide) groups is 1. The molecule has 1 unspecified atom stereocenters. The van der Waals surface area contributed by atoms with Crippen molar-refractivity contribution in [1.29, 1.82) is 0 Å². The molecule has 2 aliphatic rings. The second-order valence-corrected chi connectivity index (χ2v) is 5.92. The summed E-state index contributed by atoms with van der Waals surface area (Å²) < 4.78 is 0. The Balaban J connectivity index is 2.08. The summed E-state index contributed by atoms with van der Waals surface area (Å²) in [5.41, 5.74) is 1.96. The van der Waals surface area contributed by atoms with Gasteiger partial charge >= 0.3 is 0 Å². The second kappa shape index (κ2) is 3.01. The summed E-state index contributed by atoms with van der Waals surface area (Å²) in [5, 5.41) is 5.97. The van der Waals surface area contributed by atoms with Crippen LogP contribution in [0, 0.1) is 0 Å². The molecule has 1 atom stereocenters. The van der Waals surface area contributed by atoms with Crippen LogP contribution in [0.1, 0.15) is 16.9 Å². The summed E-state index contributed by atoms with van der Waals surface area (Å²) in [4.78, 5) is 1.63. The van der Waals surface area contributed by atoms with Crippen LogP contribution in [0.2, 0.25) is 0 Å². The van der Waals surface area contributed by atoms with Gasteiger partial charge in [0.2, 0.25) is 0 Å². The minimum Gasteiger partial charge on any atom is -0.306 e. The van der Waals surface area contributed by atoms with Crippen molar-refractivity contribution in [1.82, 2.24) is 5.32 Å². The fraction of sp³-hybridized carbons (Fsp3) is 0.600. The minimum atomic E-state index is 0.359. The predicted octanol–water partition coefficient (Wildman–Crippen LogP) is 2.23. The van der Waals surface area contributed by atoms with E-state index in [1.165, 1.54) is 30.9 Å². The zero-order valence-corrected chi connectivity index (χ0v) is 9.14. The molecule has 70 valence electrons. The molecule has 0 radical (unpaired) electrons. The Morgan fingerprint density at radius 1 is 1.46 bits per heavy atom. The SMILES string of the molecule is c1cc2c(s1)CCNC21CCSC1. The summed E-state index contributed by atoms with van der Waals surface area (Å²) in [7, 11) is 0. The summed E-state index contributed by atoms with van der Waals surface area (Å²) in [6, 6.07) is 2.33. The van der Waals surface area contributed by atoms with Crippen LogP contribution in [-0.2, 0) is 12.0 Å². The van der Waals surface area contributed by atoms with Crippen LogP contribution in [0.3, 0.4) is 0 Å². The molecule has 1 N–H and O–H groups in total. The lowest BCUT2D eigenvalue weighted by molar-refractivity contribution is 0.360. The zero-order chi connectivity index (χ0) is 8.73. The van der Waals surface area contributed by atoms with Crippen molar-refractivity contribution < 1.29 is 0 Å². The number of nitrogens with one attached hydrogen (secondary N) is 1. The molecule has 1 spiro atoms. The van der Waals surface area contributed by atoms with E-state index < -0.39 is 0 Å². The van der Waals surface area contributed by atoms with E-state index >= 15 is 0 Å². The van der Waals surface area contributed by atoms with Gasteiger partial charge in [-0.2, -0.15) is 11.8 Å². The van der Waals surface area contributed by atoms with Crippen molar-refractivity contribution in [3.05, 3.63) is 21.9 Å². The molecule has 0 saturated carbocycles. The lowest BCUT2D eigenvalue weighted by Gasteiger charge is -2.34. The molecule has 0 bridgehead atoms. The van der Waals surface area contributed by atoms with Crippen LogP contribution in [0.15, 0.2) is 11.4 Å². The molecule has 13 heavy (non-hydrogen) atoms. The highest BCUT2D eigenvalue weighted by Crippen LogP contribution is 2.41. The molecule has 2 aliphatic heterocycles. The molecule has 3 rings (SSSR count). The quantitative estimate of drug-likeness (QED) is 0.706. The minimum absolute atomic E-state index is 0.359. The van der Waals surface area contributed by atoms with Gasteiger partial charge in [-0.3, -0.25) is 0 Å². The third-order valence-electron chi connectivity index (χ3n) is 3.10. The van der Waals surface area contributed by atoms with Crippen molar-refractivity contribution >= 4 is 23.1 Å². The molecule has 3 heterocycles. The van der Waals surface area contributed by atoms with Gasteiger partial charge in [0.25, 0.3) is 0 Å². The maximum Gasteiger partial charge on any atom is 0.0545 e. The van der Waals surface area contributed by atoms with Gasteiger partial charge < -0.3 is 5.32 Å². The molecular weight excluding hydrogens is 198 g/mol. The molecule has 1 nitrogen and oxygen atoms in total. The molecular formula is C10H13NS2. The monoisotopic (exact) mass is 211 g/mol. The number of rotatable bonds is 0. The van der Waals surface area contributed by atoms with Gasteiger partial charge in [0, 0.05) is 17.2 Å². The average molecular weight is 211 g/mol. The predicted molar refractivity (Wildman–Crippen MR) is 59.6 cm³/mol. The van der Waals surface area contributed by atoms with Gasteiger partial charge in [-0.05, 0) is 35.6 Å². The first-order chi connectivity index (χ1) is 6.41. The Bertz CT molecular complexity index is 312. The summed E-state index contributed by atoms with van der Waals surface area (Å²) in [5.74, 6) is 2.60. The highest BCUT2D eigenvalue weighted by atomic mass is 32.2. The third kappa shape index (κ3) is 1.17. The maximum atomic E-state index is 3.72. The fourth-order valence-corrected chi connectivity index (χ4v) is 4.75. The van der Waals surface area contributed by atoms with Crippen molar-refractivity contribution in [2.75, 3.05) is 18.1 Å². The highest BCUT2D eigenvalue weighted by molar-refractivity contribution is 7.99. The van der Waals surface area contributed by atoms with E-state index in [2.05, 4.69) is 28.5 Å². The molecule has 1 saturated heterocycles. The molecule has 1 aromatic rings. The van der Waals surface area contributed by atoms with E-state index in [1.807, 2.05) is 11.3 Å². The summed E-state index contributed by atoms with van der Waals surface area (Å²) >= 11 is 4.03. The van der Waals surface area contributed by atoms with Gasteiger partial charge in [0.1, 0.15) is 0 Å². The van der Waals surface area contributed by atoms with Gasteiger partial charge in [0.15, 0.2) is 0 Å². The number of thiophene rings is 1. The molecule has 0 aromatic carbocycles. The van der Waals surface area contributed by atoms with Gasteiger partial charge in [-0.1, -0.05) is 0 Å². The molecule has 0 aliphatic carbocycles. The van der Waals surface area contributed by atoms with Crippen LogP contribution in [-0.4, -0.2) is 18.1 Å². The molecule has 1 fully saturated rings. The highest BCUT2D eigenvalue weighted by Gasteiger charge is 2.39. The standard InChI is InChI=1S/C10H13NS2/c1-4-11-10(3-6-12-7-10)8-2-5-13-9(1)8/h2,5,11H,1,3-4,6-7H2. The van der Waals surface area contributed by atoms with Gasteiger partial charge in [-0.15, -0.1) is 11.3 Å². The molecule has 3 heteroatoms. The van der Waals surface area contributed by atoms with E-state index in [-0.39, 0.29) is 0 Å². The topological polar surface area (TPSA) is 12.0 Å². The van der Waals surface area contributed by atoms with Gasteiger partial charge in [0.05, 0.1) is 5.54 Å². The van der Waals surface area contributed by atoms with E-state index in [9.17, 15) is 0 Å². The first-order valence-corrected chi connectivity index (χ1v) is 6.84. The van der Waals surface area contributed by atoms with Crippen LogP contribution in [0.5, 0.6) is 0 Å². The van der Waals surface area contributed by atoms with Crippen molar-refractivity contribution in [2.45, 2.75) is 18.4 Å². The van der Waals surface area contributed by atoms with Crippen molar-refractivity contribution in [2.24, 2.45) is 0 Å². The van der Waals surface area contributed by atoms with Crippen LogP contribution in [0.25, 0.3) is 0 Å². The Morgan fingerprint density at radius 2 is 2.46 bits per heavy atom. The van der Waals surface area contributed by atoms with Crippen LogP contribution in [0.4, 0.5) is 0 Å². The summed E-state index contributed by atoms with van der Waals surface area (Å²) in [6.45, 7) is 1.17. The van der Waals surface area contributed by atoms with Crippen molar-refractivity contribution in [3.8, 4) is 0 Å². The normalized spacial score (nSPS) is 32.3. The van der Waals surface area contributed by atoms with E-state index in [0.29, 0.717) is 5.54 Å². The lowest BCUT2D eigenvalue weighted by atomic mass is 9.86. The zero-order valence-electron chi connectivity index (χ0n) is 7.51. The van der Waals surface area contributed by atoms with Gasteiger partial charge in [-0.25, -0.2) is 0 Å². The van der Waals surface area contributed by atoms with Crippen molar-refractivity contribution in [3.63, 3.8) is 0 Å². The first kappa shape index (κ1) is 8.33. The number of hydrogen-bond donors (Lipinski definition) is 1. The first-order valence-electron chi connectivity index (χ1n) is 4.80. The van der Waals surface area contributed by atoms with E-state index in [0.717, 1.165) is 0 Å². The Labute approximate surface area is 86.9 Å². The third-order valence-corrected chi connectivity index (χ3v) is 5.27. The Kier molecular flexibility index (Phi) is 1.93. The largest absolute Gasteiger partial charge is 0.306 e. The smallest absolute Gasteiger partial charge is 0.0545 e. The lowest BCUT2D eigenvalue weighted by Crippen LogP contribution is -2.46. The Hall–Kier alpha value is 0.01000. The fourth-order valence-electron chi connectivity index (χ4n) is 2.39. The average Bonchev–Trinajstić information content (AvgIpc) is 2.74. The Morgan fingerprint density at radius 3 is 3.31 bits per heavy atom. The number of hydrogen-bond acceptors (Lipinski definition) is 3. The molecule has 0 amide bonds. The van der Waals surface area contributed by atoms with E-state index in [1.54, 1.807) is 10.4 Å². The number of fused-ring (bicyclic) bond motifs is 2. The second-order valence-electron chi connectivity index (χ2n) is 3.82. The molecule has 1 aromatic heterocycles. The van der Waals surface area contributed by atoms with Crippen LogP contribution >= 0.6 is 23.1 Å². The maximum absolute atomic E-state index is 3.72. The van der Waals surface area contributed by atoms with E-state index in [4.69, 9.17) is 0 Å².